The first-order chi connectivity index (χ1) is 4.09. The Morgan fingerprint density at radius 1 is 1.67 bits per heavy atom. The normalized spacial score (nSPS) is 15.2. The summed E-state index contributed by atoms with van der Waals surface area (Å²) >= 11 is 3.09. The van der Waals surface area contributed by atoms with Crippen molar-refractivity contribution in [2.75, 3.05) is 0 Å². The Morgan fingerprint density at radius 3 is 2.22 bits per heavy atom. The van der Waals surface area contributed by atoms with Crippen LogP contribution in [0.3, 0.4) is 0 Å². The first-order valence-electron chi connectivity index (χ1n) is 2.57. The van der Waals surface area contributed by atoms with Crippen molar-refractivity contribution >= 4 is 23.8 Å². The molecule has 0 aliphatic carbocycles. The molecule has 0 spiro atoms. The molecule has 0 saturated heterocycles. The third kappa shape index (κ3) is 2.75. The highest BCUT2D eigenvalue weighted by molar-refractivity contribution is 9.11. The fourth-order valence-corrected chi connectivity index (χ4v) is 0.565. The molecule has 9 heavy (non-hydrogen) atoms. The summed E-state index contributed by atoms with van der Waals surface area (Å²) < 4.78 is 0.651. The SMILES string of the molecule is [B]C(=C/C)/C(O)=C(\C)Br. The summed E-state index contributed by atoms with van der Waals surface area (Å²) in [6.45, 7) is 3.49. The molecule has 0 rings (SSSR count). The predicted octanol–water partition coefficient (Wildman–Crippen LogP) is 2.24. The minimum atomic E-state index is 0.109. The largest absolute Gasteiger partial charge is 0.508 e. The summed E-state index contributed by atoms with van der Waals surface area (Å²) in [7, 11) is 5.34. The van der Waals surface area contributed by atoms with Crippen LogP contribution in [0.2, 0.25) is 0 Å². The summed E-state index contributed by atoms with van der Waals surface area (Å²) in [5.41, 5.74) is 0.393. The standard InChI is InChI=1S/C6H8BBrO/c1-3-5(7)6(9)4(2)8/h3,9H,1-2H3/b5-3+,6-4-. The molecule has 0 aliphatic rings. The van der Waals surface area contributed by atoms with Gasteiger partial charge in [-0.3, -0.25) is 0 Å². The fourth-order valence-electron chi connectivity index (χ4n) is 0.336. The second kappa shape index (κ2) is 3.78. The summed E-state index contributed by atoms with van der Waals surface area (Å²) in [5.74, 6) is 0.109. The van der Waals surface area contributed by atoms with Crippen molar-refractivity contribution in [2.45, 2.75) is 13.8 Å². The summed E-state index contributed by atoms with van der Waals surface area (Å²) in [6, 6.07) is 0. The number of hydrogen-bond donors (Lipinski definition) is 1. The number of rotatable bonds is 1. The van der Waals surface area contributed by atoms with Gasteiger partial charge in [0.15, 0.2) is 0 Å². The molecule has 0 unspecified atom stereocenters. The molecular formula is C6H8BBrO. The second-order valence-electron chi connectivity index (χ2n) is 1.63. The molecule has 0 heterocycles. The first kappa shape index (κ1) is 8.82. The van der Waals surface area contributed by atoms with Crippen LogP contribution < -0.4 is 0 Å². The van der Waals surface area contributed by atoms with Gasteiger partial charge in [0.2, 0.25) is 0 Å². The molecule has 0 amide bonds. The van der Waals surface area contributed by atoms with E-state index in [1.54, 1.807) is 19.9 Å². The van der Waals surface area contributed by atoms with Gasteiger partial charge in [-0.15, -0.1) is 0 Å². The summed E-state index contributed by atoms with van der Waals surface area (Å²) in [6.07, 6.45) is 1.64. The average Bonchev–Trinajstić information content (AvgIpc) is 1.84. The molecule has 0 aliphatic heterocycles. The van der Waals surface area contributed by atoms with E-state index < -0.39 is 0 Å². The first-order valence-corrected chi connectivity index (χ1v) is 3.36. The van der Waals surface area contributed by atoms with Crippen LogP contribution in [0, 0.1) is 0 Å². The van der Waals surface area contributed by atoms with E-state index in [9.17, 15) is 0 Å². The minimum absolute atomic E-state index is 0.109. The lowest BCUT2D eigenvalue weighted by molar-refractivity contribution is 0.427. The van der Waals surface area contributed by atoms with Crippen LogP contribution >= 0.6 is 15.9 Å². The zero-order valence-electron chi connectivity index (χ0n) is 5.48. The third-order valence-electron chi connectivity index (χ3n) is 0.911. The zero-order valence-corrected chi connectivity index (χ0v) is 7.07. The van der Waals surface area contributed by atoms with E-state index in [0.29, 0.717) is 9.95 Å². The van der Waals surface area contributed by atoms with Crippen LogP contribution in [0.25, 0.3) is 0 Å². The van der Waals surface area contributed by atoms with Gasteiger partial charge < -0.3 is 5.11 Å². The topological polar surface area (TPSA) is 20.2 Å². The molecule has 0 aromatic heterocycles. The molecule has 0 bridgehead atoms. The number of aliphatic hydroxyl groups is 1. The van der Waals surface area contributed by atoms with Gasteiger partial charge in [-0.25, -0.2) is 0 Å². The van der Waals surface area contributed by atoms with E-state index >= 15 is 0 Å². The van der Waals surface area contributed by atoms with Gasteiger partial charge >= 0.3 is 0 Å². The molecule has 1 nitrogen and oxygen atoms in total. The van der Waals surface area contributed by atoms with E-state index in [-0.39, 0.29) is 5.76 Å². The minimum Gasteiger partial charge on any atom is -0.508 e. The van der Waals surface area contributed by atoms with Crippen LogP contribution in [0.15, 0.2) is 21.8 Å². The van der Waals surface area contributed by atoms with Gasteiger partial charge in [-0.1, -0.05) is 27.5 Å². The lowest BCUT2D eigenvalue weighted by Gasteiger charge is -1.98. The van der Waals surface area contributed by atoms with Crippen molar-refractivity contribution in [1.82, 2.24) is 0 Å². The van der Waals surface area contributed by atoms with Gasteiger partial charge in [0, 0.05) is 4.48 Å². The number of aliphatic hydroxyl groups excluding tert-OH is 1. The monoisotopic (exact) mass is 186 g/mol. The molecule has 48 valence electrons. The highest BCUT2D eigenvalue weighted by Gasteiger charge is 1.95. The summed E-state index contributed by atoms with van der Waals surface area (Å²) in [4.78, 5) is 0. The fraction of sp³-hybridized carbons (Fsp3) is 0.333. The van der Waals surface area contributed by atoms with Gasteiger partial charge in [-0.05, 0) is 13.8 Å². The van der Waals surface area contributed by atoms with E-state index in [0.717, 1.165) is 0 Å². The smallest absolute Gasteiger partial charge is 0.118 e. The van der Waals surface area contributed by atoms with Crippen molar-refractivity contribution < 1.29 is 5.11 Å². The number of allylic oxidation sites excluding steroid dienone is 3. The van der Waals surface area contributed by atoms with Crippen LogP contribution in [-0.2, 0) is 0 Å². The third-order valence-corrected chi connectivity index (χ3v) is 1.29. The molecule has 0 fully saturated rings. The van der Waals surface area contributed by atoms with Gasteiger partial charge in [0.25, 0.3) is 0 Å². The van der Waals surface area contributed by atoms with Crippen LogP contribution in [0.1, 0.15) is 13.8 Å². The Bertz CT molecular complexity index is 156. The van der Waals surface area contributed by atoms with E-state index in [1.165, 1.54) is 0 Å². The van der Waals surface area contributed by atoms with Gasteiger partial charge in [0.1, 0.15) is 13.6 Å². The van der Waals surface area contributed by atoms with E-state index in [1.807, 2.05) is 0 Å². The van der Waals surface area contributed by atoms with Crippen molar-refractivity contribution in [3.8, 4) is 0 Å². The molecule has 1 N–H and O–H groups in total. The maximum Gasteiger partial charge on any atom is 0.118 e. The lowest BCUT2D eigenvalue weighted by Crippen LogP contribution is -1.87. The molecule has 3 heteroatoms. The Balaban J connectivity index is 4.40. The highest BCUT2D eigenvalue weighted by atomic mass is 79.9. The molecule has 0 saturated carbocycles. The maximum absolute atomic E-state index is 9.03. The van der Waals surface area contributed by atoms with Crippen molar-refractivity contribution in [1.29, 1.82) is 0 Å². The molecule has 2 radical (unpaired) electrons. The molecular weight excluding hydrogens is 179 g/mol. The van der Waals surface area contributed by atoms with Gasteiger partial charge in [-0.2, -0.15) is 0 Å². The Morgan fingerprint density at radius 2 is 2.11 bits per heavy atom. The average molecular weight is 187 g/mol. The zero-order chi connectivity index (χ0) is 7.44. The number of halogens is 1. The second-order valence-corrected chi connectivity index (χ2v) is 2.82. The van der Waals surface area contributed by atoms with Gasteiger partial charge in [0.05, 0.1) is 0 Å². The maximum atomic E-state index is 9.03. The molecule has 0 aromatic rings. The summed E-state index contributed by atoms with van der Waals surface area (Å²) in [5, 5.41) is 9.03. The van der Waals surface area contributed by atoms with E-state index in [2.05, 4.69) is 15.9 Å². The Labute approximate surface area is 65.0 Å². The van der Waals surface area contributed by atoms with Crippen molar-refractivity contribution in [3.63, 3.8) is 0 Å². The molecule has 0 aromatic carbocycles. The lowest BCUT2D eigenvalue weighted by atomic mass is 9.93. The highest BCUT2D eigenvalue weighted by Crippen LogP contribution is 2.13. The van der Waals surface area contributed by atoms with Crippen molar-refractivity contribution in [3.05, 3.63) is 21.8 Å². The Hall–Kier alpha value is -0.175. The van der Waals surface area contributed by atoms with Crippen molar-refractivity contribution in [2.24, 2.45) is 0 Å². The van der Waals surface area contributed by atoms with Crippen LogP contribution in [0.4, 0.5) is 0 Å². The van der Waals surface area contributed by atoms with Crippen LogP contribution in [-0.4, -0.2) is 13.0 Å². The van der Waals surface area contributed by atoms with Crippen LogP contribution in [0.5, 0.6) is 0 Å². The predicted molar refractivity (Wildman–Crippen MR) is 43.8 cm³/mol. The molecule has 0 atom stereocenters. The number of hydrogen-bond acceptors (Lipinski definition) is 1. The van der Waals surface area contributed by atoms with E-state index in [4.69, 9.17) is 13.0 Å². The quantitative estimate of drug-likeness (QED) is 0.379. The Kier molecular flexibility index (Phi) is 3.70.